The molecule has 0 saturated carbocycles. The minimum absolute atomic E-state index is 0.00392. The van der Waals surface area contributed by atoms with E-state index in [1.54, 1.807) is 19.2 Å². The quantitative estimate of drug-likeness (QED) is 0.288. The first-order valence-corrected chi connectivity index (χ1v) is 10.8. The Bertz CT molecular complexity index is 1280. The smallest absolute Gasteiger partial charge is 0.226 e. The number of nitrogens with one attached hydrogen (secondary N) is 2. The van der Waals surface area contributed by atoms with Crippen LogP contribution < -0.4 is 20.3 Å². The Morgan fingerprint density at radius 3 is 2.12 bits per heavy atom. The predicted molar refractivity (Wildman–Crippen MR) is 133 cm³/mol. The van der Waals surface area contributed by atoms with Crippen LogP contribution in [0.1, 0.15) is 22.3 Å². The third kappa shape index (κ3) is 5.43. The largest absolute Gasteiger partial charge is 0.473 e. The first kappa shape index (κ1) is 23.0. The Morgan fingerprint density at radius 1 is 0.882 bits per heavy atom. The molecule has 0 aliphatic heterocycles. The number of halogens is 1. The van der Waals surface area contributed by atoms with Gasteiger partial charge in [0.2, 0.25) is 11.8 Å². The van der Waals surface area contributed by atoms with Gasteiger partial charge in [0.1, 0.15) is 26.9 Å². The number of hydrogen-bond donors (Lipinski definition) is 2. The summed E-state index contributed by atoms with van der Waals surface area (Å²) in [4.78, 5) is 4.52. The van der Waals surface area contributed by atoms with E-state index in [1.807, 2.05) is 60.7 Å². The van der Waals surface area contributed by atoms with Crippen molar-refractivity contribution in [2.45, 2.75) is 13.2 Å². The molecule has 0 aliphatic rings. The molecule has 1 aromatic heterocycles. The van der Waals surface area contributed by atoms with E-state index in [2.05, 4.69) is 10.3 Å². The summed E-state index contributed by atoms with van der Waals surface area (Å²) in [6.45, 7) is 0.598. The number of hydrogen-bond acceptors (Lipinski definition) is 5. The lowest BCUT2D eigenvalue weighted by Crippen LogP contribution is -2.16. The van der Waals surface area contributed by atoms with Crippen molar-refractivity contribution in [2.75, 3.05) is 12.4 Å². The van der Waals surface area contributed by atoms with Gasteiger partial charge in [0.25, 0.3) is 0 Å². The van der Waals surface area contributed by atoms with Crippen LogP contribution in [0.15, 0.2) is 84.9 Å². The van der Waals surface area contributed by atoms with E-state index >= 15 is 0 Å². The number of anilines is 1. The van der Waals surface area contributed by atoms with Gasteiger partial charge in [-0.1, -0.05) is 66.1 Å². The molecule has 1 heterocycles. The van der Waals surface area contributed by atoms with Gasteiger partial charge in [0, 0.05) is 24.4 Å². The number of rotatable bonds is 9. The van der Waals surface area contributed by atoms with E-state index in [0.29, 0.717) is 29.3 Å². The molecule has 4 aromatic rings. The monoisotopic (exact) mass is 451 g/mol. The average Bonchev–Trinajstić information content (AvgIpc) is 2.88. The van der Waals surface area contributed by atoms with Crippen LogP contribution in [-0.4, -0.2) is 25.6 Å². The molecule has 0 spiro atoms. The topological polar surface area (TPSA) is 67.2 Å². The van der Waals surface area contributed by atoms with Crippen molar-refractivity contribution >= 4 is 24.7 Å². The van der Waals surface area contributed by atoms with E-state index in [4.69, 9.17) is 22.7 Å². The molecule has 0 saturated heterocycles. The number of ether oxygens (including phenoxy) is 2. The molecular formula is C27H23BFN3O2. The summed E-state index contributed by atoms with van der Waals surface area (Å²) in [5.74, 6) is -0.0132. The van der Waals surface area contributed by atoms with E-state index in [9.17, 15) is 4.39 Å². The maximum atomic E-state index is 14.3. The van der Waals surface area contributed by atoms with Gasteiger partial charge < -0.3 is 14.8 Å². The van der Waals surface area contributed by atoms with Crippen LogP contribution in [0.2, 0.25) is 0 Å². The van der Waals surface area contributed by atoms with Crippen molar-refractivity contribution in [3.8, 4) is 11.8 Å². The van der Waals surface area contributed by atoms with Crippen molar-refractivity contribution in [2.24, 2.45) is 0 Å². The van der Waals surface area contributed by atoms with Crippen LogP contribution in [0.25, 0.3) is 0 Å². The number of nitrogens with zero attached hydrogens (tertiary/aromatic N) is 1. The normalized spacial score (nSPS) is 10.5. The van der Waals surface area contributed by atoms with Gasteiger partial charge in [-0.05, 0) is 29.3 Å². The maximum absolute atomic E-state index is 14.3. The van der Waals surface area contributed by atoms with E-state index in [0.717, 1.165) is 11.1 Å². The Labute approximate surface area is 199 Å². The second-order valence-electron chi connectivity index (χ2n) is 7.60. The molecule has 0 amide bonds. The van der Waals surface area contributed by atoms with Gasteiger partial charge in [-0.3, -0.25) is 5.41 Å². The van der Waals surface area contributed by atoms with Gasteiger partial charge in [0.15, 0.2) is 0 Å². The number of aromatic nitrogens is 1. The summed E-state index contributed by atoms with van der Waals surface area (Å²) in [6.07, 6.45) is 0. The zero-order chi connectivity index (χ0) is 23.9. The Morgan fingerprint density at radius 2 is 1.50 bits per heavy atom. The third-order valence-corrected chi connectivity index (χ3v) is 5.23. The summed E-state index contributed by atoms with van der Waals surface area (Å²) >= 11 is 0. The van der Waals surface area contributed by atoms with Gasteiger partial charge in [0.05, 0.1) is 11.3 Å². The molecule has 34 heavy (non-hydrogen) atoms. The minimum atomic E-state index is -0.596. The first-order chi connectivity index (χ1) is 16.5. The van der Waals surface area contributed by atoms with Crippen molar-refractivity contribution in [1.82, 2.24) is 4.98 Å². The fourth-order valence-electron chi connectivity index (χ4n) is 3.41. The van der Waals surface area contributed by atoms with Crippen molar-refractivity contribution in [3.05, 3.63) is 113 Å². The second-order valence-corrected chi connectivity index (χ2v) is 7.60. The molecule has 2 radical (unpaired) electrons. The van der Waals surface area contributed by atoms with Crippen LogP contribution in [0.4, 0.5) is 10.1 Å². The average molecular weight is 451 g/mol. The van der Waals surface area contributed by atoms with Gasteiger partial charge >= 0.3 is 0 Å². The summed E-state index contributed by atoms with van der Waals surface area (Å²) in [7, 11) is 7.40. The van der Waals surface area contributed by atoms with Crippen molar-refractivity contribution in [1.29, 1.82) is 5.41 Å². The standard InChI is InChI=1S/C27H23BFN3O2/c1-31-24-15-22(28)23(29)14-21(24)26(30)20-12-13-25(33-16-18-8-4-2-5-9-18)32-27(20)34-17-19-10-6-3-7-11-19/h2-15,30-31H,16-17H2,1H3. The second kappa shape index (κ2) is 10.7. The van der Waals surface area contributed by atoms with E-state index in [-0.39, 0.29) is 23.7 Å². The lowest BCUT2D eigenvalue weighted by molar-refractivity contribution is 0.267. The molecule has 7 heteroatoms. The highest BCUT2D eigenvalue weighted by molar-refractivity contribution is 6.33. The summed E-state index contributed by atoms with van der Waals surface area (Å²) in [5.41, 5.74) is 3.29. The zero-order valence-electron chi connectivity index (χ0n) is 18.7. The maximum Gasteiger partial charge on any atom is 0.226 e. The van der Waals surface area contributed by atoms with Crippen LogP contribution >= 0.6 is 0 Å². The lowest BCUT2D eigenvalue weighted by Gasteiger charge is -2.16. The fourth-order valence-corrected chi connectivity index (χ4v) is 3.41. The Hall–Kier alpha value is -4.13. The molecule has 0 unspecified atom stereocenters. The summed E-state index contributed by atoms with van der Waals surface area (Å²) < 4.78 is 26.1. The SMILES string of the molecule is [B]c1cc(NC)c(C(=N)c2ccc(OCc3ccccc3)nc2OCc2ccccc2)cc1F. The van der Waals surface area contributed by atoms with Crippen LogP contribution in [0.3, 0.4) is 0 Å². The molecule has 0 atom stereocenters. The molecule has 4 rings (SSSR count). The van der Waals surface area contributed by atoms with Gasteiger partial charge in [-0.15, -0.1) is 0 Å². The molecule has 2 N–H and O–H groups in total. The van der Waals surface area contributed by atoms with E-state index < -0.39 is 5.82 Å². The van der Waals surface area contributed by atoms with Crippen LogP contribution in [0.5, 0.6) is 11.8 Å². The van der Waals surface area contributed by atoms with E-state index in [1.165, 1.54) is 12.1 Å². The van der Waals surface area contributed by atoms with Gasteiger partial charge in [-0.25, -0.2) is 4.39 Å². The van der Waals surface area contributed by atoms with Crippen LogP contribution in [-0.2, 0) is 13.2 Å². The van der Waals surface area contributed by atoms with Crippen LogP contribution in [0, 0.1) is 11.2 Å². The third-order valence-electron chi connectivity index (χ3n) is 5.23. The highest BCUT2D eigenvalue weighted by Gasteiger charge is 2.19. The Kier molecular flexibility index (Phi) is 7.23. The number of benzene rings is 3. The molecular weight excluding hydrogens is 428 g/mol. The molecule has 0 bridgehead atoms. The molecule has 5 nitrogen and oxygen atoms in total. The molecule has 0 fully saturated rings. The fraction of sp³-hybridized carbons (Fsp3) is 0.111. The zero-order valence-corrected chi connectivity index (χ0v) is 18.7. The van der Waals surface area contributed by atoms with Crippen molar-refractivity contribution < 1.29 is 13.9 Å². The predicted octanol–water partition coefficient (Wildman–Crippen LogP) is 4.63. The Balaban J connectivity index is 1.66. The summed E-state index contributed by atoms with van der Waals surface area (Å²) in [5, 5.41) is 11.8. The van der Waals surface area contributed by atoms with Crippen molar-refractivity contribution in [3.63, 3.8) is 0 Å². The highest BCUT2D eigenvalue weighted by atomic mass is 19.1. The first-order valence-electron chi connectivity index (χ1n) is 10.8. The minimum Gasteiger partial charge on any atom is -0.473 e. The molecule has 168 valence electrons. The number of pyridine rings is 1. The molecule has 0 aliphatic carbocycles. The summed E-state index contributed by atoms with van der Waals surface area (Å²) in [6, 6.07) is 25.5. The lowest BCUT2D eigenvalue weighted by atomic mass is 9.91. The molecule has 3 aromatic carbocycles. The van der Waals surface area contributed by atoms with Gasteiger partial charge in [-0.2, -0.15) is 4.98 Å². The highest BCUT2D eigenvalue weighted by Crippen LogP contribution is 2.27.